The minimum absolute atomic E-state index is 0.0154. The zero-order valence-electron chi connectivity index (χ0n) is 16.4. The predicted octanol–water partition coefficient (Wildman–Crippen LogP) is 2.37. The number of benzene rings is 1. The first-order chi connectivity index (χ1) is 13.9. The average molecular weight is 396 g/mol. The molecule has 1 aromatic carbocycles. The fraction of sp³-hybridized carbons (Fsp3) is 0.364. The first-order valence-electron chi connectivity index (χ1n) is 9.70. The van der Waals surface area contributed by atoms with Crippen LogP contribution in [-0.4, -0.2) is 34.7 Å². The van der Waals surface area contributed by atoms with Gasteiger partial charge in [-0.25, -0.2) is 0 Å². The first-order valence-corrected chi connectivity index (χ1v) is 9.70. The second kappa shape index (κ2) is 9.32. The van der Waals surface area contributed by atoms with Gasteiger partial charge >= 0.3 is 5.97 Å². The van der Waals surface area contributed by atoms with E-state index in [1.54, 1.807) is 36.0 Å². The maximum Gasteiger partial charge on any atom is 0.306 e. The van der Waals surface area contributed by atoms with Gasteiger partial charge in [-0.2, -0.15) is 0 Å². The van der Waals surface area contributed by atoms with E-state index in [-0.39, 0.29) is 18.6 Å². The van der Waals surface area contributed by atoms with Gasteiger partial charge in [0, 0.05) is 25.2 Å². The summed E-state index contributed by atoms with van der Waals surface area (Å²) in [7, 11) is 1.68. The van der Waals surface area contributed by atoms with Gasteiger partial charge in [-0.1, -0.05) is 12.1 Å². The Kier molecular flexibility index (Phi) is 6.59. The minimum Gasteiger partial charge on any atom is -0.456 e. The molecule has 0 radical (unpaired) electrons. The molecule has 0 aliphatic heterocycles. The van der Waals surface area contributed by atoms with Crippen molar-refractivity contribution in [3.8, 4) is 0 Å². The van der Waals surface area contributed by atoms with Crippen LogP contribution in [0.5, 0.6) is 0 Å². The molecule has 0 fully saturated rings. The van der Waals surface area contributed by atoms with Gasteiger partial charge in [-0.05, 0) is 55.0 Å². The second-order valence-corrected chi connectivity index (χ2v) is 7.16. The van der Waals surface area contributed by atoms with Crippen LogP contribution < -0.4 is 5.32 Å². The van der Waals surface area contributed by atoms with Crippen LogP contribution in [0, 0.1) is 0 Å². The fourth-order valence-corrected chi connectivity index (χ4v) is 3.41. The van der Waals surface area contributed by atoms with Crippen LogP contribution in [0.1, 0.15) is 57.7 Å². The van der Waals surface area contributed by atoms with E-state index >= 15 is 0 Å². The van der Waals surface area contributed by atoms with Crippen LogP contribution in [0.3, 0.4) is 0 Å². The van der Waals surface area contributed by atoms with Crippen molar-refractivity contribution in [2.75, 3.05) is 6.61 Å². The molecule has 0 atom stereocenters. The summed E-state index contributed by atoms with van der Waals surface area (Å²) >= 11 is 0. The molecule has 1 aliphatic rings. The average Bonchev–Trinajstić information content (AvgIpc) is 3.16. The number of ether oxygens (including phenoxy) is 1. The number of nitrogens with one attached hydrogen (secondary N) is 1. The Bertz CT molecular complexity index is 944. The molecule has 1 aliphatic carbocycles. The lowest BCUT2D eigenvalue weighted by Crippen LogP contribution is -2.35. The van der Waals surface area contributed by atoms with Crippen LogP contribution >= 0.6 is 0 Å². The number of fused-ring (bicyclic) bond motifs is 1. The van der Waals surface area contributed by atoms with E-state index in [0.717, 1.165) is 19.3 Å². The molecule has 7 nitrogen and oxygen atoms in total. The van der Waals surface area contributed by atoms with Crippen molar-refractivity contribution in [3.05, 3.63) is 58.9 Å². The molecule has 1 aromatic heterocycles. The van der Waals surface area contributed by atoms with Crippen LogP contribution in [0.4, 0.5) is 0 Å². The number of imide groups is 1. The number of amides is 2. The standard InChI is InChI=1S/C22H24N2O5/c1-24-12-4-7-18(24)22(28)23-20(26)14-29-21(27)11-10-19(25)17-9-8-15-5-2-3-6-16(15)13-17/h4,7-9,12-13H,2-3,5-6,10-11,14H2,1H3,(H,23,26,28). The lowest BCUT2D eigenvalue weighted by atomic mass is 9.89. The number of hydrogen-bond donors (Lipinski definition) is 1. The molecule has 152 valence electrons. The van der Waals surface area contributed by atoms with Crippen LogP contribution in [0.15, 0.2) is 36.5 Å². The van der Waals surface area contributed by atoms with Crippen molar-refractivity contribution < 1.29 is 23.9 Å². The number of aromatic nitrogens is 1. The Morgan fingerprint density at radius 1 is 1.03 bits per heavy atom. The summed E-state index contributed by atoms with van der Waals surface area (Å²) in [6.07, 6.45) is 5.91. The largest absolute Gasteiger partial charge is 0.456 e. The molecule has 29 heavy (non-hydrogen) atoms. The molecule has 0 spiro atoms. The number of ketones is 1. The lowest BCUT2D eigenvalue weighted by molar-refractivity contribution is -0.148. The first kappa shape index (κ1) is 20.5. The summed E-state index contributed by atoms with van der Waals surface area (Å²) in [5, 5.41) is 2.16. The van der Waals surface area contributed by atoms with E-state index in [1.807, 2.05) is 12.1 Å². The molecule has 0 saturated heterocycles. The van der Waals surface area contributed by atoms with Crippen molar-refractivity contribution in [3.63, 3.8) is 0 Å². The molecule has 0 bridgehead atoms. The Morgan fingerprint density at radius 2 is 1.79 bits per heavy atom. The molecule has 2 amide bonds. The van der Waals surface area contributed by atoms with E-state index in [0.29, 0.717) is 11.3 Å². The van der Waals surface area contributed by atoms with Crippen molar-refractivity contribution >= 4 is 23.6 Å². The van der Waals surface area contributed by atoms with Gasteiger partial charge in [0.05, 0.1) is 6.42 Å². The number of aryl methyl sites for hydroxylation is 3. The summed E-state index contributed by atoms with van der Waals surface area (Å²) < 4.78 is 6.44. The number of rotatable bonds is 7. The van der Waals surface area contributed by atoms with Gasteiger partial charge in [0.2, 0.25) is 0 Å². The second-order valence-electron chi connectivity index (χ2n) is 7.16. The number of carbonyl (C=O) groups is 4. The maximum absolute atomic E-state index is 12.3. The summed E-state index contributed by atoms with van der Waals surface area (Å²) in [4.78, 5) is 47.9. The fourth-order valence-electron chi connectivity index (χ4n) is 3.41. The molecule has 1 heterocycles. The summed E-state index contributed by atoms with van der Waals surface area (Å²) in [6.45, 7) is -0.567. The Labute approximate surface area is 169 Å². The molecule has 2 aromatic rings. The van der Waals surface area contributed by atoms with Crippen LogP contribution in [0.2, 0.25) is 0 Å². The highest BCUT2D eigenvalue weighted by molar-refractivity contribution is 6.04. The molecular weight excluding hydrogens is 372 g/mol. The maximum atomic E-state index is 12.3. The zero-order valence-corrected chi connectivity index (χ0v) is 16.4. The summed E-state index contributed by atoms with van der Waals surface area (Å²) in [5.74, 6) is -2.07. The Morgan fingerprint density at radius 3 is 2.52 bits per heavy atom. The van der Waals surface area contributed by atoms with Gasteiger partial charge in [0.25, 0.3) is 11.8 Å². The van der Waals surface area contributed by atoms with E-state index in [2.05, 4.69) is 5.32 Å². The summed E-state index contributed by atoms with van der Waals surface area (Å²) in [5.41, 5.74) is 3.43. The molecule has 3 rings (SSSR count). The lowest BCUT2D eigenvalue weighted by Gasteiger charge is -2.16. The number of hydrogen-bond acceptors (Lipinski definition) is 5. The molecular formula is C22H24N2O5. The quantitative estimate of drug-likeness (QED) is 0.573. The van der Waals surface area contributed by atoms with Crippen molar-refractivity contribution in [1.82, 2.24) is 9.88 Å². The highest BCUT2D eigenvalue weighted by Crippen LogP contribution is 2.23. The SMILES string of the molecule is Cn1cccc1C(=O)NC(=O)COC(=O)CCC(=O)c1ccc2c(c1)CCCC2. The van der Waals surface area contributed by atoms with Crippen molar-refractivity contribution in [1.29, 1.82) is 0 Å². The van der Waals surface area contributed by atoms with Gasteiger partial charge in [0.1, 0.15) is 5.69 Å². The number of esters is 1. The van der Waals surface area contributed by atoms with E-state index in [4.69, 9.17) is 4.74 Å². The number of Topliss-reactive ketones (excluding diaryl/α,β-unsaturated/α-hetero) is 1. The van der Waals surface area contributed by atoms with E-state index in [1.165, 1.54) is 17.5 Å². The number of nitrogens with zero attached hydrogens (tertiary/aromatic N) is 1. The predicted molar refractivity (Wildman–Crippen MR) is 105 cm³/mol. The zero-order chi connectivity index (χ0) is 20.8. The molecule has 0 saturated carbocycles. The van der Waals surface area contributed by atoms with Crippen LogP contribution in [-0.2, 0) is 34.2 Å². The normalized spacial score (nSPS) is 12.7. The minimum atomic E-state index is -0.717. The smallest absolute Gasteiger partial charge is 0.306 e. The molecule has 0 unspecified atom stereocenters. The molecule has 7 heteroatoms. The highest BCUT2D eigenvalue weighted by Gasteiger charge is 2.17. The highest BCUT2D eigenvalue weighted by atomic mass is 16.5. The van der Waals surface area contributed by atoms with E-state index in [9.17, 15) is 19.2 Å². The Balaban J connectivity index is 1.41. The van der Waals surface area contributed by atoms with Crippen LogP contribution in [0.25, 0.3) is 0 Å². The Hall–Kier alpha value is -3.22. The third-order valence-corrected chi connectivity index (χ3v) is 5.02. The monoisotopic (exact) mass is 396 g/mol. The van der Waals surface area contributed by atoms with Gasteiger partial charge in [-0.3, -0.25) is 24.5 Å². The van der Waals surface area contributed by atoms with Gasteiger partial charge < -0.3 is 9.30 Å². The third-order valence-electron chi connectivity index (χ3n) is 5.02. The topological polar surface area (TPSA) is 94.5 Å². The summed E-state index contributed by atoms with van der Waals surface area (Å²) in [6, 6.07) is 8.97. The van der Waals surface area contributed by atoms with Crippen molar-refractivity contribution in [2.24, 2.45) is 7.05 Å². The van der Waals surface area contributed by atoms with Crippen molar-refractivity contribution in [2.45, 2.75) is 38.5 Å². The van der Waals surface area contributed by atoms with E-state index < -0.39 is 24.4 Å². The number of carbonyl (C=O) groups excluding carboxylic acids is 4. The van der Waals surface area contributed by atoms with Gasteiger partial charge in [0.15, 0.2) is 12.4 Å². The van der Waals surface area contributed by atoms with Gasteiger partial charge in [-0.15, -0.1) is 0 Å². The molecule has 1 N–H and O–H groups in total. The third kappa shape index (κ3) is 5.40.